The van der Waals surface area contributed by atoms with Gasteiger partial charge in [0.25, 0.3) is 0 Å². The highest BCUT2D eigenvalue weighted by Crippen LogP contribution is 2.20. The van der Waals surface area contributed by atoms with Gasteiger partial charge in [0.1, 0.15) is 17.9 Å². The van der Waals surface area contributed by atoms with E-state index in [2.05, 4.69) is 11.9 Å². The second-order valence-corrected chi connectivity index (χ2v) is 5.61. The molecule has 1 N–H and O–H groups in total. The number of ether oxygens (including phenoxy) is 2. The molecule has 0 aliphatic carbocycles. The van der Waals surface area contributed by atoms with E-state index in [-0.39, 0.29) is 12.5 Å². The van der Waals surface area contributed by atoms with Crippen molar-refractivity contribution in [3.05, 3.63) is 78.4 Å². The molecule has 0 fully saturated rings. The van der Waals surface area contributed by atoms with Crippen LogP contribution in [0.4, 0.5) is 0 Å². The number of rotatable bonds is 10. The van der Waals surface area contributed by atoms with E-state index in [9.17, 15) is 9.59 Å². The summed E-state index contributed by atoms with van der Waals surface area (Å²) in [7, 11) is 0. The molecule has 0 bridgehead atoms. The highest BCUT2D eigenvalue weighted by molar-refractivity contribution is 5.92. The first-order valence-corrected chi connectivity index (χ1v) is 8.54. The highest BCUT2D eigenvalue weighted by Gasteiger charge is 2.13. The van der Waals surface area contributed by atoms with E-state index in [0.717, 1.165) is 18.4 Å². The van der Waals surface area contributed by atoms with Crippen molar-refractivity contribution in [1.29, 1.82) is 0 Å². The zero-order valence-corrected chi connectivity index (χ0v) is 14.6. The summed E-state index contributed by atoms with van der Waals surface area (Å²) < 4.78 is 11.1. The lowest BCUT2D eigenvalue weighted by Gasteiger charge is -2.11. The fraction of sp³-hybridized carbons (Fsp3) is 0.238. The summed E-state index contributed by atoms with van der Waals surface area (Å²) >= 11 is 0. The van der Waals surface area contributed by atoms with Gasteiger partial charge in [-0.3, -0.25) is 4.79 Å². The first-order chi connectivity index (χ1) is 12.7. The maximum absolute atomic E-state index is 12.3. The molecule has 0 spiro atoms. The van der Waals surface area contributed by atoms with Gasteiger partial charge in [0.05, 0.1) is 6.61 Å². The number of hydrogen-bond donors (Lipinski definition) is 1. The third kappa shape index (κ3) is 6.43. The predicted octanol–water partition coefficient (Wildman–Crippen LogP) is 3.50. The van der Waals surface area contributed by atoms with Crippen LogP contribution in [0.3, 0.4) is 0 Å². The largest absolute Gasteiger partial charge is 0.493 e. The molecule has 2 aromatic carbocycles. The maximum Gasteiger partial charge on any atom is 0.342 e. The molecule has 0 atom stereocenters. The van der Waals surface area contributed by atoms with Crippen molar-refractivity contribution in [3.63, 3.8) is 0 Å². The summed E-state index contributed by atoms with van der Waals surface area (Å²) in [5.41, 5.74) is 1.34. The van der Waals surface area contributed by atoms with E-state index < -0.39 is 5.97 Å². The van der Waals surface area contributed by atoms with Gasteiger partial charge < -0.3 is 14.8 Å². The van der Waals surface area contributed by atoms with Crippen molar-refractivity contribution in [1.82, 2.24) is 5.32 Å². The monoisotopic (exact) mass is 353 g/mol. The SMILES string of the molecule is C=CC(=O)NCCCCOc1ccccc1C(=O)OCc1ccccc1. The van der Waals surface area contributed by atoms with Crippen molar-refractivity contribution in [2.45, 2.75) is 19.4 Å². The van der Waals surface area contributed by atoms with Crippen LogP contribution < -0.4 is 10.1 Å². The molecular formula is C21H23NO4. The number of unbranched alkanes of at least 4 members (excludes halogenated alkanes) is 1. The Morgan fingerprint density at radius 3 is 2.50 bits per heavy atom. The van der Waals surface area contributed by atoms with Gasteiger partial charge in [0, 0.05) is 6.54 Å². The molecule has 0 unspecified atom stereocenters. The Bertz CT molecular complexity index is 728. The lowest BCUT2D eigenvalue weighted by Crippen LogP contribution is -2.22. The molecule has 0 aliphatic heterocycles. The Kier molecular flexibility index (Phi) is 7.93. The number of hydrogen-bond acceptors (Lipinski definition) is 4. The van der Waals surface area contributed by atoms with Crippen LogP contribution in [0.5, 0.6) is 5.75 Å². The van der Waals surface area contributed by atoms with Gasteiger partial charge in [0.2, 0.25) is 5.91 Å². The molecule has 2 rings (SSSR count). The predicted molar refractivity (Wildman–Crippen MR) is 99.9 cm³/mol. The third-order valence-electron chi connectivity index (χ3n) is 3.63. The Morgan fingerprint density at radius 1 is 1.00 bits per heavy atom. The number of nitrogens with one attached hydrogen (secondary N) is 1. The van der Waals surface area contributed by atoms with E-state index in [0.29, 0.717) is 24.5 Å². The number of esters is 1. The van der Waals surface area contributed by atoms with E-state index in [1.807, 2.05) is 36.4 Å². The number of benzene rings is 2. The zero-order valence-electron chi connectivity index (χ0n) is 14.6. The molecular weight excluding hydrogens is 330 g/mol. The standard InChI is InChI=1S/C21H23NO4/c1-2-20(23)22-14-8-9-15-25-19-13-7-6-12-18(19)21(24)26-16-17-10-4-3-5-11-17/h2-7,10-13H,1,8-9,14-16H2,(H,22,23). The molecule has 136 valence electrons. The molecule has 1 amide bonds. The summed E-state index contributed by atoms with van der Waals surface area (Å²) in [5.74, 6) is -0.0965. The Labute approximate surface area is 153 Å². The van der Waals surface area contributed by atoms with E-state index >= 15 is 0 Å². The van der Waals surface area contributed by atoms with Crippen molar-refractivity contribution in [2.24, 2.45) is 0 Å². The quantitative estimate of drug-likeness (QED) is 0.403. The second kappa shape index (κ2) is 10.7. The van der Waals surface area contributed by atoms with E-state index in [1.54, 1.807) is 18.2 Å². The van der Waals surface area contributed by atoms with Gasteiger partial charge in [-0.25, -0.2) is 4.79 Å². The molecule has 0 saturated heterocycles. The fourth-order valence-electron chi connectivity index (χ4n) is 2.25. The minimum Gasteiger partial charge on any atom is -0.493 e. The fourth-order valence-corrected chi connectivity index (χ4v) is 2.25. The van der Waals surface area contributed by atoms with E-state index in [1.165, 1.54) is 6.08 Å². The number of carbonyl (C=O) groups is 2. The smallest absolute Gasteiger partial charge is 0.342 e. The second-order valence-electron chi connectivity index (χ2n) is 5.61. The average molecular weight is 353 g/mol. The van der Waals surface area contributed by atoms with Gasteiger partial charge >= 0.3 is 5.97 Å². The normalized spacial score (nSPS) is 10.0. The Morgan fingerprint density at radius 2 is 1.73 bits per heavy atom. The van der Waals surface area contributed by atoms with Crippen LogP contribution in [0, 0.1) is 0 Å². The van der Waals surface area contributed by atoms with Gasteiger partial charge in [0.15, 0.2) is 0 Å². The van der Waals surface area contributed by atoms with Crippen LogP contribution in [0.25, 0.3) is 0 Å². The molecule has 0 aliphatic rings. The Balaban J connectivity index is 1.80. The third-order valence-corrected chi connectivity index (χ3v) is 3.63. The van der Waals surface area contributed by atoms with Crippen molar-refractivity contribution >= 4 is 11.9 Å². The summed E-state index contributed by atoms with van der Waals surface area (Å²) in [5, 5.41) is 2.71. The summed E-state index contributed by atoms with van der Waals surface area (Å²) in [6.07, 6.45) is 2.78. The van der Waals surface area contributed by atoms with Crippen LogP contribution in [0.1, 0.15) is 28.8 Å². The molecule has 26 heavy (non-hydrogen) atoms. The van der Waals surface area contributed by atoms with Crippen LogP contribution in [0.15, 0.2) is 67.3 Å². The minimum absolute atomic E-state index is 0.183. The highest BCUT2D eigenvalue weighted by atomic mass is 16.5. The van der Waals surface area contributed by atoms with Crippen LogP contribution in [0.2, 0.25) is 0 Å². The number of carbonyl (C=O) groups excluding carboxylic acids is 2. The summed E-state index contributed by atoms with van der Waals surface area (Å²) in [6.45, 7) is 4.63. The molecule has 5 nitrogen and oxygen atoms in total. The van der Waals surface area contributed by atoms with Gasteiger partial charge in [-0.1, -0.05) is 49.0 Å². The first kappa shape index (κ1) is 19.2. The van der Waals surface area contributed by atoms with Crippen molar-refractivity contribution in [3.8, 4) is 5.75 Å². The molecule has 0 aromatic heterocycles. The topological polar surface area (TPSA) is 64.6 Å². The van der Waals surface area contributed by atoms with Crippen LogP contribution >= 0.6 is 0 Å². The molecule has 5 heteroatoms. The van der Waals surface area contributed by atoms with Crippen LogP contribution in [-0.2, 0) is 16.1 Å². The molecule has 0 radical (unpaired) electrons. The number of para-hydroxylation sites is 1. The minimum atomic E-state index is -0.414. The molecule has 0 heterocycles. The summed E-state index contributed by atoms with van der Waals surface area (Å²) in [4.78, 5) is 23.4. The maximum atomic E-state index is 12.3. The lowest BCUT2D eigenvalue weighted by molar-refractivity contribution is -0.116. The summed E-state index contributed by atoms with van der Waals surface area (Å²) in [6, 6.07) is 16.5. The van der Waals surface area contributed by atoms with Crippen LogP contribution in [-0.4, -0.2) is 25.0 Å². The average Bonchev–Trinajstić information content (AvgIpc) is 2.69. The lowest BCUT2D eigenvalue weighted by atomic mass is 10.2. The van der Waals surface area contributed by atoms with Gasteiger partial charge in [-0.05, 0) is 36.6 Å². The van der Waals surface area contributed by atoms with Crippen molar-refractivity contribution < 1.29 is 19.1 Å². The van der Waals surface area contributed by atoms with Crippen molar-refractivity contribution in [2.75, 3.05) is 13.2 Å². The van der Waals surface area contributed by atoms with Gasteiger partial charge in [-0.2, -0.15) is 0 Å². The van der Waals surface area contributed by atoms with E-state index in [4.69, 9.17) is 9.47 Å². The van der Waals surface area contributed by atoms with Gasteiger partial charge in [-0.15, -0.1) is 0 Å². The number of amides is 1. The zero-order chi connectivity index (χ0) is 18.6. The molecule has 0 saturated carbocycles. The molecule has 2 aromatic rings. The Hall–Kier alpha value is -3.08. The first-order valence-electron chi connectivity index (χ1n) is 8.54.